The number of rotatable bonds is 1. The van der Waals surface area contributed by atoms with Crippen molar-refractivity contribution in [2.24, 2.45) is 5.92 Å². The minimum Gasteiger partial charge on any atom is -0.438 e. The zero-order valence-electron chi connectivity index (χ0n) is 10.1. The fraction of sp³-hybridized carbons (Fsp3) is 0.200. The summed E-state index contributed by atoms with van der Waals surface area (Å²) < 4.78 is 5.77. The summed E-state index contributed by atoms with van der Waals surface area (Å²) in [5, 5.41) is 0. The van der Waals surface area contributed by atoms with E-state index in [1.807, 2.05) is 12.2 Å². The number of nitrogens with zero attached hydrogens (tertiary/aromatic N) is 1. The summed E-state index contributed by atoms with van der Waals surface area (Å²) in [6.07, 6.45) is 10.2. The van der Waals surface area contributed by atoms with E-state index in [-0.39, 0.29) is 11.7 Å². The molecule has 0 spiro atoms. The minimum atomic E-state index is -0.0368. The monoisotopic (exact) mass is 239 g/mol. The molecule has 0 amide bonds. The van der Waals surface area contributed by atoms with Gasteiger partial charge in [-0.1, -0.05) is 19.1 Å². The van der Waals surface area contributed by atoms with E-state index in [9.17, 15) is 4.79 Å². The smallest absolute Gasteiger partial charge is 0.230 e. The van der Waals surface area contributed by atoms with Crippen molar-refractivity contribution in [1.29, 1.82) is 0 Å². The Balaban J connectivity index is 2.13. The van der Waals surface area contributed by atoms with Gasteiger partial charge in [-0.25, -0.2) is 4.98 Å². The molecule has 0 bridgehead atoms. The Kier molecular flexibility index (Phi) is 2.59. The average Bonchev–Trinajstić information content (AvgIpc) is 2.54. The predicted octanol–water partition coefficient (Wildman–Crippen LogP) is 3.06. The van der Waals surface area contributed by atoms with Crippen molar-refractivity contribution in [2.75, 3.05) is 0 Å². The van der Waals surface area contributed by atoms with Gasteiger partial charge in [0.25, 0.3) is 0 Å². The van der Waals surface area contributed by atoms with E-state index in [1.54, 1.807) is 24.4 Å². The SMILES string of the molecule is CCC1C=CC=C2Oc3ncccc3C(=O)C=C21. The molecule has 3 rings (SSSR count). The van der Waals surface area contributed by atoms with Gasteiger partial charge in [-0.2, -0.15) is 0 Å². The average molecular weight is 239 g/mol. The molecule has 1 aromatic rings. The van der Waals surface area contributed by atoms with Crippen LogP contribution >= 0.6 is 0 Å². The first-order valence-corrected chi connectivity index (χ1v) is 6.07. The fourth-order valence-electron chi connectivity index (χ4n) is 2.27. The molecule has 2 heterocycles. The van der Waals surface area contributed by atoms with Crippen molar-refractivity contribution in [3.8, 4) is 5.88 Å². The van der Waals surface area contributed by atoms with Gasteiger partial charge >= 0.3 is 0 Å². The molecule has 1 aliphatic heterocycles. The van der Waals surface area contributed by atoms with Crippen LogP contribution in [0.2, 0.25) is 0 Å². The van der Waals surface area contributed by atoms with Crippen LogP contribution in [0.1, 0.15) is 23.7 Å². The number of carbonyl (C=O) groups is 1. The van der Waals surface area contributed by atoms with Crippen LogP contribution < -0.4 is 4.74 Å². The van der Waals surface area contributed by atoms with Gasteiger partial charge in [0.2, 0.25) is 5.88 Å². The fourth-order valence-corrected chi connectivity index (χ4v) is 2.27. The third-order valence-electron chi connectivity index (χ3n) is 3.24. The van der Waals surface area contributed by atoms with E-state index in [0.29, 0.717) is 11.4 Å². The van der Waals surface area contributed by atoms with Gasteiger partial charge in [0, 0.05) is 17.7 Å². The Morgan fingerprint density at radius 1 is 1.44 bits per heavy atom. The molecule has 2 aliphatic rings. The van der Waals surface area contributed by atoms with Crippen LogP contribution in [0.25, 0.3) is 0 Å². The van der Waals surface area contributed by atoms with Crippen LogP contribution in [-0.2, 0) is 0 Å². The summed E-state index contributed by atoms with van der Waals surface area (Å²) in [6.45, 7) is 2.10. The Bertz CT molecular complexity index is 596. The van der Waals surface area contributed by atoms with E-state index in [0.717, 1.165) is 17.8 Å². The molecule has 1 aromatic heterocycles. The van der Waals surface area contributed by atoms with Crippen LogP contribution in [0.15, 0.2) is 54.0 Å². The number of hydrogen-bond acceptors (Lipinski definition) is 3. The second-order valence-electron chi connectivity index (χ2n) is 4.35. The molecule has 0 saturated carbocycles. The van der Waals surface area contributed by atoms with E-state index >= 15 is 0 Å². The number of pyridine rings is 1. The summed E-state index contributed by atoms with van der Waals surface area (Å²) >= 11 is 0. The molecular weight excluding hydrogens is 226 g/mol. The molecule has 0 N–H and O–H groups in total. The van der Waals surface area contributed by atoms with Crippen molar-refractivity contribution >= 4 is 5.78 Å². The number of ether oxygens (including phenoxy) is 1. The Morgan fingerprint density at radius 3 is 3.17 bits per heavy atom. The van der Waals surface area contributed by atoms with Gasteiger partial charge < -0.3 is 4.74 Å². The molecule has 90 valence electrons. The summed E-state index contributed by atoms with van der Waals surface area (Å²) in [6, 6.07) is 3.49. The third-order valence-corrected chi connectivity index (χ3v) is 3.24. The molecule has 0 radical (unpaired) electrons. The first-order chi connectivity index (χ1) is 8.79. The summed E-state index contributed by atoms with van der Waals surface area (Å²) in [7, 11) is 0. The lowest BCUT2D eigenvalue weighted by atomic mass is 9.90. The number of aromatic nitrogens is 1. The Hall–Kier alpha value is -2.16. The Labute approximate surface area is 105 Å². The van der Waals surface area contributed by atoms with Crippen LogP contribution in [0.5, 0.6) is 5.88 Å². The molecular formula is C15H13NO2. The highest BCUT2D eigenvalue weighted by molar-refractivity contribution is 6.07. The number of carbonyl (C=O) groups excluding carboxylic acids is 1. The molecule has 1 atom stereocenters. The van der Waals surface area contributed by atoms with Crippen LogP contribution in [0.4, 0.5) is 0 Å². The second-order valence-corrected chi connectivity index (χ2v) is 4.35. The van der Waals surface area contributed by atoms with E-state index < -0.39 is 0 Å². The largest absolute Gasteiger partial charge is 0.438 e. The zero-order chi connectivity index (χ0) is 12.5. The number of ketones is 1. The van der Waals surface area contributed by atoms with Crippen LogP contribution in [0.3, 0.4) is 0 Å². The zero-order valence-corrected chi connectivity index (χ0v) is 10.1. The summed E-state index contributed by atoms with van der Waals surface area (Å²) in [5.74, 6) is 1.33. The maximum Gasteiger partial charge on any atom is 0.230 e. The first kappa shape index (κ1) is 11.0. The summed E-state index contributed by atoms with van der Waals surface area (Å²) in [4.78, 5) is 16.3. The van der Waals surface area contributed by atoms with Crippen LogP contribution in [-0.4, -0.2) is 10.8 Å². The van der Waals surface area contributed by atoms with E-state index in [2.05, 4.69) is 18.0 Å². The lowest BCUT2D eigenvalue weighted by molar-refractivity contribution is 0.104. The highest BCUT2D eigenvalue weighted by Crippen LogP contribution is 2.33. The lowest BCUT2D eigenvalue weighted by Gasteiger charge is -2.19. The maximum atomic E-state index is 12.2. The lowest BCUT2D eigenvalue weighted by Crippen LogP contribution is -2.10. The van der Waals surface area contributed by atoms with Gasteiger partial charge in [-0.05, 0) is 30.7 Å². The Morgan fingerprint density at radius 2 is 2.33 bits per heavy atom. The molecule has 1 unspecified atom stereocenters. The summed E-state index contributed by atoms with van der Waals surface area (Å²) in [5.41, 5.74) is 1.47. The number of hydrogen-bond donors (Lipinski definition) is 0. The number of allylic oxidation sites excluding steroid dienone is 5. The van der Waals surface area contributed by atoms with Crippen molar-refractivity contribution < 1.29 is 9.53 Å². The molecule has 3 nitrogen and oxygen atoms in total. The third kappa shape index (κ3) is 1.68. The van der Waals surface area contributed by atoms with Gasteiger partial charge in [-0.3, -0.25) is 4.79 Å². The van der Waals surface area contributed by atoms with Gasteiger partial charge in [0.15, 0.2) is 5.78 Å². The molecule has 0 fully saturated rings. The molecule has 18 heavy (non-hydrogen) atoms. The quantitative estimate of drug-likeness (QED) is 0.756. The topological polar surface area (TPSA) is 39.2 Å². The minimum absolute atomic E-state index is 0.0368. The molecule has 0 aromatic carbocycles. The van der Waals surface area contributed by atoms with Crippen molar-refractivity contribution in [3.63, 3.8) is 0 Å². The van der Waals surface area contributed by atoms with E-state index in [1.165, 1.54) is 0 Å². The maximum absolute atomic E-state index is 12.2. The molecule has 3 heteroatoms. The van der Waals surface area contributed by atoms with Crippen molar-refractivity contribution in [3.05, 3.63) is 59.5 Å². The van der Waals surface area contributed by atoms with Gasteiger partial charge in [0.05, 0.1) is 5.56 Å². The highest BCUT2D eigenvalue weighted by Gasteiger charge is 2.25. The van der Waals surface area contributed by atoms with Crippen LogP contribution in [0, 0.1) is 5.92 Å². The van der Waals surface area contributed by atoms with Gasteiger partial charge in [0.1, 0.15) is 5.76 Å². The normalized spacial score (nSPS) is 21.2. The molecule has 0 saturated heterocycles. The van der Waals surface area contributed by atoms with E-state index in [4.69, 9.17) is 4.74 Å². The second kappa shape index (κ2) is 4.26. The van der Waals surface area contributed by atoms with Crippen molar-refractivity contribution in [2.45, 2.75) is 13.3 Å². The standard InChI is InChI=1S/C15H13NO2/c1-2-10-5-3-7-14-12(10)9-13(17)11-6-4-8-16-15(11)18-14/h3-10H,2H2,1H3. The molecule has 1 aliphatic carbocycles. The predicted molar refractivity (Wildman–Crippen MR) is 68.3 cm³/mol. The highest BCUT2D eigenvalue weighted by atomic mass is 16.5. The first-order valence-electron chi connectivity index (χ1n) is 6.07. The number of fused-ring (bicyclic) bond motifs is 2. The van der Waals surface area contributed by atoms with Gasteiger partial charge in [-0.15, -0.1) is 0 Å². The van der Waals surface area contributed by atoms with Crippen molar-refractivity contribution in [1.82, 2.24) is 4.98 Å².